The zero-order chi connectivity index (χ0) is 12.0. The SMILES string of the molecule is O=C(O)C(F)(F)C1(O)CCN(C2CC2)CC1. The number of hydrogen-bond donors (Lipinski definition) is 2. The Kier molecular flexibility index (Phi) is 2.66. The number of rotatable bonds is 3. The number of hydrogen-bond acceptors (Lipinski definition) is 3. The fourth-order valence-electron chi connectivity index (χ4n) is 2.21. The minimum Gasteiger partial charge on any atom is -0.477 e. The number of likely N-dealkylation sites (tertiary alicyclic amines) is 1. The molecular formula is C10H15F2NO3. The Balaban J connectivity index is 2.02. The molecule has 2 fully saturated rings. The zero-order valence-electron chi connectivity index (χ0n) is 8.83. The second-order valence-corrected chi connectivity index (χ2v) is 4.68. The van der Waals surface area contributed by atoms with Crippen LogP contribution in [0.25, 0.3) is 0 Å². The Bertz CT molecular complexity index is 296. The van der Waals surface area contributed by atoms with Gasteiger partial charge >= 0.3 is 11.9 Å². The van der Waals surface area contributed by atoms with Crippen molar-refractivity contribution in [3.8, 4) is 0 Å². The molecule has 1 aliphatic heterocycles. The lowest BCUT2D eigenvalue weighted by molar-refractivity contribution is -0.218. The van der Waals surface area contributed by atoms with Gasteiger partial charge in [-0.05, 0) is 25.7 Å². The highest BCUT2D eigenvalue weighted by atomic mass is 19.3. The lowest BCUT2D eigenvalue weighted by atomic mass is 9.85. The average Bonchev–Trinajstić information content (AvgIpc) is 3.02. The van der Waals surface area contributed by atoms with Crippen LogP contribution in [0, 0.1) is 0 Å². The van der Waals surface area contributed by atoms with E-state index in [9.17, 15) is 18.7 Å². The number of carboxylic acids is 1. The van der Waals surface area contributed by atoms with Crippen LogP contribution in [0.15, 0.2) is 0 Å². The zero-order valence-corrected chi connectivity index (χ0v) is 8.83. The molecule has 92 valence electrons. The van der Waals surface area contributed by atoms with Gasteiger partial charge in [0.2, 0.25) is 0 Å². The smallest absolute Gasteiger partial charge is 0.377 e. The highest BCUT2D eigenvalue weighted by Crippen LogP contribution is 2.40. The summed E-state index contributed by atoms with van der Waals surface area (Å²) in [4.78, 5) is 12.5. The van der Waals surface area contributed by atoms with Crippen LogP contribution >= 0.6 is 0 Å². The van der Waals surface area contributed by atoms with E-state index in [2.05, 4.69) is 0 Å². The van der Waals surface area contributed by atoms with Crippen molar-refractivity contribution >= 4 is 5.97 Å². The van der Waals surface area contributed by atoms with Crippen molar-refractivity contribution in [2.45, 2.75) is 43.2 Å². The molecule has 0 radical (unpaired) electrons. The molecular weight excluding hydrogens is 220 g/mol. The maximum atomic E-state index is 13.3. The van der Waals surface area contributed by atoms with Crippen molar-refractivity contribution in [1.82, 2.24) is 4.90 Å². The minimum atomic E-state index is -4.05. The Morgan fingerprint density at radius 2 is 1.81 bits per heavy atom. The normalized spacial score (nSPS) is 26.7. The highest BCUT2D eigenvalue weighted by molar-refractivity contribution is 5.77. The van der Waals surface area contributed by atoms with Crippen LogP contribution < -0.4 is 0 Å². The number of nitrogens with zero attached hydrogens (tertiary/aromatic N) is 1. The molecule has 1 aliphatic carbocycles. The summed E-state index contributed by atoms with van der Waals surface area (Å²) in [5.74, 6) is -6.29. The number of halogens is 2. The maximum Gasteiger partial charge on any atom is 0.377 e. The molecule has 1 heterocycles. The fourth-order valence-corrected chi connectivity index (χ4v) is 2.21. The maximum absolute atomic E-state index is 13.3. The molecule has 0 unspecified atom stereocenters. The summed E-state index contributed by atoms with van der Waals surface area (Å²) >= 11 is 0. The van der Waals surface area contributed by atoms with E-state index >= 15 is 0 Å². The largest absolute Gasteiger partial charge is 0.477 e. The molecule has 0 amide bonds. The predicted molar refractivity (Wildman–Crippen MR) is 51.4 cm³/mol. The van der Waals surface area contributed by atoms with Crippen molar-refractivity contribution in [2.75, 3.05) is 13.1 Å². The molecule has 0 aromatic heterocycles. The summed E-state index contributed by atoms with van der Waals surface area (Å²) in [5.41, 5.74) is -2.38. The van der Waals surface area contributed by atoms with Crippen molar-refractivity contribution in [1.29, 1.82) is 0 Å². The van der Waals surface area contributed by atoms with Gasteiger partial charge in [-0.3, -0.25) is 0 Å². The van der Waals surface area contributed by atoms with Crippen LogP contribution in [-0.2, 0) is 4.79 Å². The van der Waals surface area contributed by atoms with E-state index < -0.39 is 17.5 Å². The van der Waals surface area contributed by atoms with E-state index in [1.165, 1.54) is 0 Å². The molecule has 2 aliphatic rings. The standard InChI is InChI=1S/C10H15F2NO3/c11-10(12,8(14)15)9(16)3-5-13(6-4-9)7-1-2-7/h7,16H,1-6H2,(H,14,15). The van der Waals surface area contributed by atoms with Crippen molar-refractivity contribution in [2.24, 2.45) is 0 Å². The summed E-state index contributed by atoms with van der Waals surface area (Å²) in [6, 6.07) is 0.461. The monoisotopic (exact) mass is 235 g/mol. The molecule has 2 N–H and O–H groups in total. The molecule has 0 aromatic rings. The first-order chi connectivity index (χ1) is 7.37. The Morgan fingerprint density at radius 1 is 1.31 bits per heavy atom. The number of alkyl halides is 2. The molecule has 2 rings (SSSR count). The van der Waals surface area contributed by atoms with Crippen LogP contribution in [0.1, 0.15) is 25.7 Å². The highest BCUT2D eigenvalue weighted by Gasteiger charge is 2.59. The first-order valence-electron chi connectivity index (χ1n) is 5.44. The summed E-state index contributed by atoms with van der Waals surface area (Å²) in [6.07, 6.45) is 1.80. The molecule has 6 heteroatoms. The van der Waals surface area contributed by atoms with Gasteiger partial charge in [0.25, 0.3) is 0 Å². The van der Waals surface area contributed by atoms with Gasteiger partial charge in [-0.2, -0.15) is 8.78 Å². The van der Waals surface area contributed by atoms with E-state index in [1.807, 2.05) is 4.90 Å². The predicted octanol–water partition coefficient (Wildman–Crippen LogP) is 0.696. The number of aliphatic carboxylic acids is 1. The van der Waals surface area contributed by atoms with Gasteiger partial charge in [-0.1, -0.05) is 0 Å². The third-order valence-corrected chi connectivity index (χ3v) is 3.54. The van der Waals surface area contributed by atoms with E-state index in [-0.39, 0.29) is 12.8 Å². The molecule has 0 atom stereocenters. The van der Waals surface area contributed by atoms with E-state index in [0.29, 0.717) is 19.1 Å². The molecule has 0 bridgehead atoms. The number of carbonyl (C=O) groups is 1. The molecule has 0 aromatic carbocycles. The van der Waals surface area contributed by atoms with Crippen LogP contribution in [0.5, 0.6) is 0 Å². The third-order valence-electron chi connectivity index (χ3n) is 3.54. The van der Waals surface area contributed by atoms with Gasteiger partial charge in [-0.25, -0.2) is 4.79 Å². The first kappa shape index (κ1) is 11.7. The average molecular weight is 235 g/mol. The topological polar surface area (TPSA) is 60.8 Å². The fraction of sp³-hybridized carbons (Fsp3) is 0.900. The Labute approximate surface area is 91.9 Å². The molecule has 1 saturated heterocycles. The van der Waals surface area contributed by atoms with E-state index in [4.69, 9.17) is 5.11 Å². The van der Waals surface area contributed by atoms with Crippen LogP contribution in [0.3, 0.4) is 0 Å². The quantitative estimate of drug-likeness (QED) is 0.755. The van der Waals surface area contributed by atoms with E-state index in [1.54, 1.807) is 0 Å². The van der Waals surface area contributed by atoms with Crippen LogP contribution in [0.4, 0.5) is 8.78 Å². The second-order valence-electron chi connectivity index (χ2n) is 4.68. The van der Waals surface area contributed by atoms with Gasteiger partial charge in [0, 0.05) is 19.1 Å². The van der Waals surface area contributed by atoms with Gasteiger partial charge in [0.15, 0.2) is 0 Å². The van der Waals surface area contributed by atoms with Crippen molar-refractivity contribution in [3.63, 3.8) is 0 Å². The van der Waals surface area contributed by atoms with Crippen molar-refractivity contribution in [3.05, 3.63) is 0 Å². The lowest BCUT2D eigenvalue weighted by Crippen LogP contribution is -2.58. The first-order valence-corrected chi connectivity index (χ1v) is 5.44. The van der Waals surface area contributed by atoms with Crippen LogP contribution in [0.2, 0.25) is 0 Å². The second kappa shape index (κ2) is 3.63. The summed E-state index contributed by atoms with van der Waals surface area (Å²) in [6.45, 7) is 0.702. The molecule has 1 saturated carbocycles. The van der Waals surface area contributed by atoms with Crippen molar-refractivity contribution < 1.29 is 23.8 Å². The lowest BCUT2D eigenvalue weighted by Gasteiger charge is -2.40. The Morgan fingerprint density at radius 3 is 2.19 bits per heavy atom. The number of piperidine rings is 1. The van der Waals surface area contributed by atoms with Gasteiger partial charge < -0.3 is 15.1 Å². The van der Waals surface area contributed by atoms with Gasteiger partial charge in [0.05, 0.1) is 0 Å². The minimum absolute atomic E-state index is 0.178. The number of carboxylic acid groups (broad SMARTS) is 1. The summed E-state index contributed by atoms with van der Waals surface area (Å²) < 4.78 is 26.6. The molecule has 16 heavy (non-hydrogen) atoms. The molecule has 0 spiro atoms. The summed E-state index contributed by atoms with van der Waals surface area (Å²) in [7, 11) is 0. The third kappa shape index (κ3) is 1.80. The van der Waals surface area contributed by atoms with Gasteiger partial charge in [-0.15, -0.1) is 0 Å². The van der Waals surface area contributed by atoms with E-state index in [0.717, 1.165) is 12.8 Å². The Hall–Kier alpha value is -0.750. The van der Waals surface area contributed by atoms with Crippen LogP contribution in [-0.4, -0.2) is 51.7 Å². The summed E-state index contributed by atoms with van der Waals surface area (Å²) in [5, 5.41) is 18.2. The van der Waals surface area contributed by atoms with Gasteiger partial charge in [0.1, 0.15) is 5.60 Å². The molecule has 4 nitrogen and oxygen atoms in total. The number of aliphatic hydroxyl groups is 1.